The second-order valence-corrected chi connectivity index (χ2v) is 10.7. The fourth-order valence-corrected chi connectivity index (χ4v) is 5.04. The van der Waals surface area contributed by atoms with Gasteiger partial charge in [-0.2, -0.15) is 26.3 Å². The van der Waals surface area contributed by atoms with Crippen LogP contribution in [-0.2, 0) is 26.4 Å². The normalized spacial score (nSPS) is 12.8. The first kappa shape index (κ1) is 29.2. The zero-order valence-electron chi connectivity index (χ0n) is 19.9. The van der Waals surface area contributed by atoms with Crippen molar-refractivity contribution < 1.29 is 44.3 Å². The highest BCUT2D eigenvalue weighted by atomic mass is 35.5. The van der Waals surface area contributed by atoms with Gasteiger partial charge in [0.15, 0.2) is 5.82 Å². The van der Waals surface area contributed by atoms with Crippen LogP contribution in [0.4, 0.5) is 37.8 Å². The molecule has 204 valence electrons. The van der Waals surface area contributed by atoms with E-state index in [0.717, 1.165) is 69.5 Å². The van der Waals surface area contributed by atoms with Gasteiger partial charge >= 0.3 is 18.3 Å². The molecule has 1 aromatic heterocycles. The number of rotatable bonds is 6. The Morgan fingerprint density at radius 3 is 1.92 bits per heavy atom. The smallest absolute Gasteiger partial charge is 0.417 e. The molecule has 6 nitrogen and oxygen atoms in total. The van der Waals surface area contributed by atoms with Crippen molar-refractivity contribution >= 4 is 39.1 Å². The zero-order chi connectivity index (χ0) is 28.7. The molecular weight excluding hydrogens is 562 g/mol. The molecule has 0 radical (unpaired) electrons. The molecule has 0 bridgehead atoms. The van der Waals surface area contributed by atoms with Crippen LogP contribution in [0.5, 0.6) is 0 Å². The molecule has 0 aliphatic heterocycles. The van der Waals surface area contributed by atoms with Crippen molar-refractivity contribution in [1.29, 1.82) is 0 Å². The van der Waals surface area contributed by atoms with Crippen LogP contribution in [0.1, 0.15) is 35.3 Å². The number of methoxy groups -OCH3 is 1. The largest absolute Gasteiger partial charge is 0.465 e. The summed E-state index contributed by atoms with van der Waals surface area (Å²) in [4.78, 5) is 14.9. The second kappa shape index (κ2) is 10.1. The predicted molar refractivity (Wildman–Crippen MR) is 127 cm³/mol. The number of hydrogen-bond donors (Lipinski definition) is 0. The number of esters is 1. The number of nitrogens with zero attached hydrogens (tertiary/aromatic N) is 2. The Balaban J connectivity index is 2.20. The summed E-state index contributed by atoms with van der Waals surface area (Å²) in [5.74, 6) is -1.37. The summed E-state index contributed by atoms with van der Waals surface area (Å²) >= 11 is 6.04. The van der Waals surface area contributed by atoms with Crippen LogP contribution < -0.4 is 4.31 Å². The minimum atomic E-state index is -4.83. The van der Waals surface area contributed by atoms with Gasteiger partial charge in [-0.25, -0.2) is 22.5 Å². The molecule has 0 spiro atoms. The first-order chi connectivity index (χ1) is 17.4. The summed E-state index contributed by atoms with van der Waals surface area (Å²) in [6, 6.07) is 9.07. The van der Waals surface area contributed by atoms with Crippen LogP contribution in [0.2, 0.25) is 5.02 Å². The number of alkyl halides is 6. The number of sulfonamides is 1. The van der Waals surface area contributed by atoms with Crippen LogP contribution in [0.3, 0.4) is 0 Å². The molecule has 0 saturated carbocycles. The van der Waals surface area contributed by atoms with Crippen LogP contribution >= 0.6 is 11.6 Å². The van der Waals surface area contributed by atoms with Crippen LogP contribution in [0.25, 0.3) is 0 Å². The van der Waals surface area contributed by atoms with Gasteiger partial charge in [-0.1, -0.05) is 23.7 Å². The summed E-state index contributed by atoms with van der Waals surface area (Å²) in [5, 5.41) is -0.686. The molecule has 0 atom stereocenters. The van der Waals surface area contributed by atoms with Gasteiger partial charge in [-0.05, 0) is 61.9 Å². The van der Waals surface area contributed by atoms with Gasteiger partial charge in [0.1, 0.15) is 0 Å². The molecule has 1 heterocycles. The lowest BCUT2D eigenvalue weighted by atomic mass is 9.84. The zero-order valence-corrected chi connectivity index (χ0v) is 21.4. The van der Waals surface area contributed by atoms with Crippen molar-refractivity contribution in [1.82, 2.24) is 4.98 Å². The van der Waals surface area contributed by atoms with E-state index in [4.69, 9.17) is 11.6 Å². The maximum atomic E-state index is 13.7. The third kappa shape index (κ3) is 5.58. The fourth-order valence-electron chi connectivity index (χ4n) is 3.27. The molecule has 38 heavy (non-hydrogen) atoms. The van der Waals surface area contributed by atoms with E-state index < -0.39 is 55.1 Å². The Kier molecular flexibility index (Phi) is 7.77. The Morgan fingerprint density at radius 1 is 0.921 bits per heavy atom. The van der Waals surface area contributed by atoms with E-state index in [0.29, 0.717) is 16.6 Å². The van der Waals surface area contributed by atoms with Gasteiger partial charge in [0.25, 0.3) is 10.0 Å². The molecule has 0 N–H and O–H groups in total. The summed E-state index contributed by atoms with van der Waals surface area (Å²) in [5.41, 5.74) is -3.96. The van der Waals surface area contributed by atoms with Crippen molar-refractivity contribution in [3.8, 4) is 0 Å². The van der Waals surface area contributed by atoms with E-state index in [1.807, 2.05) is 0 Å². The summed E-state index contributed by atoms with van der Waals surface area (Å²) in [7, 11) is -3.55. The predicted octanol–water partition coefficient (Wildman–Crippen LogP) is 6.91. The lowest BCUT2D eigenvalue weighted by Gasteiger charge is -2.29. The van der Waals surface area contributed by atoms with Crippen LogP contribution in [-0.4, -0.2) is 32.7 Å². The number of aromatic nitrogens is 1. The number of halogens is 7. The lowest BCUT2D eigenvalue weighted by Crippen LogP contribution is -2.36. The number of carbonyl (C=O) groups is 1. The lowest BCUT2D eigenvalue weighted by molar-refractivity contribution is -0.180. The summed E-state index contributed by atoms with van der Waals surface area (Å²) < 4.78 is 112. The minimum absolute atomic E-state index is 0.0161. The third-order valence-electron chi connectivity index (χ3n) is 5.69. The van der Waals surface area contributed by atoms with Gasteiger partial charge in [0, 0.05) is 6.20 Å². The first-order valence-corrected chi connectivity index (χ1v) is 12.4. The average Bonchev–Trinajstić information content (AvgIpc) is 2.83. The molecule has 3 aromatic rings. The Morgan fingerprint density at radius 2 is 1.47 bits per heavy atom. The van der Waals surface area contributed by atoms with Crippen molar-refractivity contribution in [2.24, 2.45) is 0 Å². The minimum Gasteiger partial charge on any atom is -0.465 e. The van der Waals surface area contributed by atoms with Gasteiger partial charge in [-0.15, -0.1) is 0 Å². The number of carbonyl (C=O) groups excluding carboxylic acids is 1. The Bertz CT molecular complexity index is 1440. The van der Waals surface area contributed by atoms with Gasteiger partial charge in [0.05, 0.1) is 39.3 Å². The fraction of sp³-hybridized carbons (Fsp3) is 0.250. The average molecular weight is 581 g/mol. The number of anilines is 2. The Hall–Kier alpha value is -3.32. The van der Waals surface area contributed by atoms with Crippen molar-refractivity contribution in [2.75, 3.05) is 11.4 Å². The van der Waals surface area contributed by atoms with E-state index in [1.54, 1.807) is 0 Å². The number of ether oxygens (including phenoxy) is 1. The van der Waals surface area contributed by atoms with Crippen molar-refractivity contribution in [3.63, 3.8) is 0 Å². The molecule has 0 saturated heterocycles. The second-order valence-electron chi connectivity index (χ2n) is 8.48. The van der Waals surface area contributed by atoms with E-state index in [1.165, 1.54) is 0 Å². The SMILES string of the molecule is COC(=O)c1ccc(S(=O)(=O)N(c2ccc(C(C)(C)C(F)(F)F)cc2)c2ncc(C(F)(F)F)cc2Cl)cc1. The summed E-state index contributed by atoms with van der Waals surface area (Å²) in [6.07, 6.45) is -9.07. The Labute approximate surface area is 218 Å². The van der Waals surface area contributed by atoms with Gasteiger partial charge in [-0.3, -0.25) is 0 Å². The molecule has 3 rings (SSSR count). The van der Waals surface area contributed by atoms with Crippen molar-refractivity contribution in [3.05, 3.63) is 82.5 Å². The monoisotopic (exact) mass is 580 g/mol. The van der Waals surface area contributed by atoms with Gasteiger partial charge < -0.3 is 4.74 Å². The highest BCUT2D eigenvalue weighted by molar-refractivity contribution is 7.93. The number of hydrogen-bond acceptors (Lipinski definition) is 5. The van der Waals surface area contributed by atoms with Crippen molar-refractivity contribution in [2.45, 2.75) is 36.5 Å². The van der Waals surface area contributed by atoms with Crippen LogP contribution in [0.15, 0.2) is 65.7 Å². The standard InChI is InChI=1S/C24H19ClF6N2O4S/c1-22(2,24(29,30)31)15-6-8-17(9-7-15)33(20-19(25)12-16(13-32-20)23(26,27)28)38(35,36)18-10-4-14(5-11-18)21(34)37-3/h4-13H,1-3H3. The first-order valence-electron chi connectivity index (χ1n) is 10.5. The highest BCUT2D eigenvalue weighted by Gasteiger charge is 2.48. The van der Waals surface area contributed by atoms with E-state index >= 15 is 0 Å². The quantitative estimate of drug-likeness (QED) is 0.234. The number of benzene rings is 2. The number of pyridine rings is 1. The molecule has 0 aliphatic carbocycles. The molecule has 0 unspecified atom stereocenters. The van der Waals surface area contributed by atoms with E-state index in [2.05, 4.69) is 9.72 Å². The summed E-state index contributed by atoms with van der Waals surface area (Å²) in [6.45, 7) is 1.88. The molecular formula is C24H19ClF6N2O4S. The molecule has 0 aliphatic rings. The van der Waals surface area contributed by atoms with E-state index in [-0.39, 0.29) is 16.8 Å². The molecule has 0 fully saturated rings. The maximum Gasteiger partial charge on any atom is 0.417 e. The molecule has 2 aromatic carbocycles. The topological polar surface area (TPSA) is 76.6 Å². The highest BCUT2D eigenvalue weighted by Crippen LogP contribution is 2.43. The third-order valence-corrected chi connectivity index (χ3v) is 7.70. The maximum absolute atomic E-state index is 13.7. The van der Waals surface area contributed by atoms with Crippen LogP contribution in [0, 0.1) is 0 Å². The molecule has 0 amide bonds. The van der Waals surface area contributed by atoms with E-state index in [9.17, 15) is 39.6 Å². The van der Waals surface area contributed by atoms with Gasteiger partial charge in [0.2, 0.25) is 0 Å². The molecule has 14 heteroatoms.